The van der Waals surface area contributed by atoms with Crippen LogP contribution in [0.15, 0.2) is 12.4 Å². The molecule has 0 aliphatic carbocycles. The number of rotatable bonds is 7. The molecule has 1 rings (SSSR count). The number of urea groups is 1. The van der Waals surface area contributed by atoms with Crippen LogP contribution in [0, 0.1) is 5.41 Å². The van der Waals surface area contributed by atoms with Gasteiger partial charge in [-0.1, -0.05) is 13.8 Å². The lowest BCUT2D eigenvalue weighted by molar-refractivity contribution is -0.149. The van der Waals surface area contributed by atoms with E-state index in [1.54, 1.807) is 13.2 Å². The number of hydrogen-bond donors (Lipinski definition) is 2. The van der Waals surface area contributed by atoms with Gasteiger partial charge in [0.25, 0.3) is 0 Å². The van der Waals surface area contributed by atoms with Gasteiger partial charge in [-0.25, -0.2) is 9.78 Å². The highest BCUT2D eigenvalue weighted by atomic mass is 16.4. The van der Waals surface area contributed by atoms with Crippen molar-refractivity contribution in [2.45, 2.75) is 33.2 Å². The number of imidazole rings is 1. The molecular weight excluding hydrogens is 272 g/mol. The number of amides is 2. The Kier molecular flexibility index (Phi) is 5.75. The third-order valence-corrected chi connectivity index (χ3v) is 4.03. The van der Waals surface area contributed by atoms with Crippen molar-refractivity contribution in [3.63, 3.8) is 0 Å². The fourth-order valence-electron chi connectivity index (χ4n) is 2.09. The highest BCUT2D eigenvalue weighted by molar-refractivity contribution is 5.78. The molecule has 0 bridgehead atoms. The fraction of sp³-hybridized carbons (Fsp3) is 0.643. The lowest BCUT2D eigenvalue weighted by Gasteiger charge is -2.28. The Morgan fingerprint density at radius 3 is 2.48 bits per heavy atom. The largest absolute Gasteiger partial charge is 0.481 e. The molecule has 0 fully saturated rings. The van der Waals surface area contributed by atoms with Crippen LogP contribution in [0.4, 0.5) is 4.79 Å². The quantitative estimate of drug-likeness (QED) is 0.797. The van der Waals surface area contributed by atoms with E-state index in [-0.39, 0.29) is 12.6 Å². The minimum atomic E-state index is -0.903. The maximum Gasteiger partial charge on any atom is 0.317 e. The first-order chi connectivity index (χ1) is 9.86. The minimum absolute atomic E-state index is 0.124. The number of nitrogens with one attached hydrogen (secondary N) is 1. The van der Waals surface area contributed by atoms with Gasteiger partial charge in [-0.15, -0.1) is 0 Å². The summed E-state index contributed by atoms with van der Waals surface area (Å²) in [5, 5.41) is 12.0. The maximum atomic E-state index is 12.1. The summed E-state index contributed by atoms with van der Waals surface area (Å²) in [6.07, 6.45) is 4.43. The lowest BCUT2D eigenvalue weighted by atomic mass is 9.82. The van der Waals surface area contributed by atoms with Crippen molar-refractivity contribution in [3.8, 4) is 0 Å². The second-order valence-electron chi connectivity index (χ2n) is 5.26. The number of carbonyl (C=O) groups is 2. The molecule has 21 heavy (non-hydrogen) atoms. The molecular formula is C14H24N4O3. The molecule has 118 valence electrons. The van der Waals surface area contributed by atoms with Gasteiger partial charge in [0.15, 0.2) is 0 Å². The van der Waals surface area contributed by atoms with E-state index in [2.05, 4.69) is 10.3 Å². The monoisotopic (exact) mass is 296 g/mol. The van der Waals surface area contributed by atoms with Crippen LogP contribution in [-0.2, 0) is 18.4 Å². The predicted molar refractivity (Wildman–Crippen MR) is 78.7 cm³/mol. The molecule has 0 saturated carbocycles. The number of aromatic nitrogens is 2. The zero-order valence-electron chi connectivity index (χ0n) is 13.1. The molecule has 7 nitrogen and oxygen atoms in total. The van der Waals surface area contributed by atoms with Crippen LogP contribution in [0.5, 0.6) is 0 Å². The number of hydrogen-bond acceptors (Lipinski definition) is 3. The number of aliphatic carboxylic acids is 1. The zero-order valence-corrected chi connectivity index (χ0v) is 13.1. The number of carboxylic acid groups (broad SMARTS) is 1. The first-order valence-corrected chi connectivity index (χ1v) is 7.05. The van der Waals surface area contributed by atoms with Crippen LogP contribution in [0.25, 0.3) is 0 Å². The van der Waals surface area contributed by atoms with Gasteiger partial charge in [0.1, 0.15) is 5.82 Å². The van der Waals surface area contributed by atoms with Gasteiger partial charge >= 0.3 is 12.0 Å². The topological polar surface area (TPSA) is 87.5 Å². The van der Waals surface area contributed by atoms with E-state index in [9.17, 15) is 14.7 Å². The molecule has 0 aliphatic heterocycles. The van der Waals surface area contributed by atoms with Gasteiger partial charge in [-0.3, -0.25) is 4.79 Å². The van der Waals surface area contributed by atoms with Crippen molar-refractivity contribution in [2.75, 3.05) is 13.6 Å². The van der Waals surface area contributed by atoms with E-state index >= 15 is 0 Å². The second kappa shape index (κ2) is 7.10. The van der Waals surface area contributed by atoms with E-state index in [4.69, 9.17) is 0 Å². The molecule has 1 aromatic rings. The summed E-state index contributed by atoms with van der Waals surface area (Å²) in [4.78, 5) is 29.1. The number of carbonyl (C=O) groups excluding carboxylic acids is 1. The first-order valence-electron chi connectivity index (χ1n) is 7.05. The van der Waals surface area contributed by atoms with Crippen molar-refractivity contribution in [1.82, 2.24) is 19.8 Å². The van der Waals surface area contributed by atoms with E-state index in [1.807, 2.05) is 31.7 Å². The summed E-state index contributed by atoms with van der Waals surface area (Å²) in [6.45, 7) is 4.13. The Balaban J connectivity index is 2.60. The van der Waals surface area contributed by atoms with Crippen molar-refractivity contribution >= 4 is 12.0 Å². The van der Waals surface area contributed by atoms with Gasteiger partial charge in [0.05, 0.1) is 12.0 Å². The van der Waals surface area contributed by atoms with Crippen molar-refractivity contribution < 1.29 is 14.7 Å². The summed E-state index contributed by atoms with van der Waals surface area (Å²) < 4.78 is 1.84. The number of nitrogens with zero attached hydrogens (tertiary/aromatic N) is 3. The molecule has 0 radical (unpaired) electrons. The second-order valence-corrected chi connectivity index (χ2v) is 5.26. The van der Waals surface area contributed by atoms with E-state index in [0.717, 1.165) is 5.82 Å². The molecule has 7 heteroatoms. The number of carboxylic acids is 1. The van der Waals surface area contributed by atoms with Crippen LogP contribution < -0.4 is 5.32 Å². The average Bonchev–Trinajstić information content (AvgIpc) is 2.85. The third-order valence-electron chi connectivity index (χ3n) is 4.03. The molecule has 0 saturated heterocycles. The van der Waals surface area contributed by atoms with Crippen molar-refractivity contribution in [3.05, 3.63) is 18.2 Å². The summed E-state index contributed by atoms with van der Waals surface area (Å²) in [5.74, 6) is -0.109. The van der Waals surface area contributed by atoms with Gasteiger partial charge in [-0.05, 0) is 12.8 Å². The molecule has 2 amide bonds. The Morgan fingerprint density at radius 1 is 1.43 bits per heavy atom. The van der Waals surface area contributed by atoms with Crippen LogP contribution in [0.2, 0.25) is 0 Å². The van der Waals surface area contributed by atoms with Crippen molar-refractivity contribution in [2.24, 2.45) is 12.5 Å². The molecule has 2 N–H and O–H groups in total. The molecule has 0 unspecified atom stereocenters. The van der Waals surface area contributed by atoms with Crippen LogP contribution >= 0.6 is 0 Å². The van der Waals surface area contributed by atoms with Gasteiger partial charge in [0, 0.05) is 33.0 Å². The maximum absolute atomic E-state index is 12.1. The molecule has 1 aromatic heterocycles. The van der Waals surface area contributed by atoms with E-state index in [1.165, 1.54) is 4.90 Å². The van der Waals surface area contributed by atoms with Gasteiger partial charge in [-0.2, -0.15) is 0 Å². The van der Waals surface area contributed by atoms with Crippen LogP contribution in [0.3, 0.4) is 0 Å². The zero-order chi connectivity index (χ0) is 16.0. The van der Waals surface area contributed by atoms with Crippen LogP contribution in [-0.4, -0.2) is 45.2 Å². The third kappa shape index (κ3) is 3.96. The van der Waals surface area contributed by atoms with Crippen LogP contribution in [0.1, 0.15) is 32.5 Å². The summed E-state index contributed by atoms with van der Waals surface area (Å²) in [7, 11) is 3.52. The Hall–Kier alpha value is -2.05. The van der Waals surface area contributed by atoms with Gasteiger partial charge < -0.3 is 19.9 Å². The highest BCUT2D eigenvalue weighted by Gasteiger charge is 2.35. The van der Waals surface area contributed by atoms with Gasteiger partial charge in [0.2, 0.25) is 0 Å². The van der Waals surface area contributed by atoms with E-state index in [0.29, 0.717) is 19.4 Å². The summed E-state index contributed by atoms with van der Waals surface area (Å²) in [6, 6.07) is -0.300. The van der Waals surface area contributed by atoms with E-state index < -0.39 is 11.4 Å². The normalized spacial score (nSPS) is 11.2. The SMILES string of the molecule is CCC(CC)(CNC(=O)N(C)Cc1nccn1C)C(=O)O. The minimum Gasteiger partial charge on any atom is -0.481 e. The molecule has 1 heterocycles. The fourth-order valence-corrected chi connectivity index (χ4v) is 2.09. The Morgan fingerprint density at radius 2 is 2.05 bits per heavy atom. The Labute approximate surface area is 125 Å². The van der Waals surface area contributed by atoms with Crippen molar-refractivity contribution in [1.29, 1.82) is 0 Å². The number of aryl methyl sites for hydroxylation is 1. The summed E-state index contributed by atoms with van der Waals surface area (Å²) in [5.41, 5.74) is -0.903. The standard InChI is InChI=1S/C14H24N4O3/c1-5-14(6-2,12(19)20)10-16-13(21)18(4)9-11-15-7-8-17(11)3/h7-8H,5-6,9-10H2,1-4H3,(H,16,21)(H,19,20). The Bertz CT molecular complexity index is 494. The molecule has 0 spiro atoms. The first kappa shape index (κ1) is 17.0. The summed E-state index contributed by atoms with van der Waals surface area (Å²) >= 11 is 0. The molecule has 0 aromatic carbocycles. The predicted octanol–water partition coefficient (Wildman–Crippen LogP) is 1.45. The lowest BCUT2D eigenvalue weighted by Crippen LogP contribution is -2.46. The average molecular weight is 296 g/mol. The smallest absolute Gasteiger partial charge is 0.317 e. The highest BCUT2D eigenvalue weighted by Crippen LogP contribution is 2.25. The molecule has 0 atom stereocenters. The molecule has 0 aliphatic rings.